The van der Waals surface area contributed by atoms with Gasteiger partial charge in [0.2, 0.25) is 0 Å². The minimum atomic E-state index is -4.75. The Morgan fingerprint density at radius 3 is 2.57 bits per heavy atom. The van der Waals surface area contributed by atoms with Crippen LogP contribution in [0, 0.1) is 5.41 Å². The first-order valence-corrected chi connectivity index (χ1v) is 6.98. The summed E-state index contributed by atoms with van der Waals surface area (Å²) in [4.78, 5) is 12.7. The molecule has 1 aromatic carbocycles. The number of Topliss-reactive ketones (excluding diaryl/α,β-unsaturated/α-hetero) is 1. The van der Waals surface area contributed by atoms with E-state index in [-0.39, 0.29) is 17.1 Å². The molecule has 1 aliphatic heterocycles. The quantitative estimate of drug-likeness (QED) is 0.864. The first-order valence-electron chi connectivity index (χ1n) is 6.98. The van der Waals surface area contributed by atoms with Crippen LogP contribution in [0.1, 0.15) is 36.5 Å². The molecule has 0 amide bonds. The predicted molar refractivity (Wildman–Crippen MR) is 72.3 cm³/mol. The van der Waals surface area contributed by atoms with Crippen LogP contribution in [0.25, 0.3) is 0 Å². The van der Waals surface area contributed by atoms with Crippen molar-refractivity contribution in [2.24, 2.45) is 5.41 Å². The SMILES string of the molecule is CCC1(C(=O)c2cccc(OC(F)(F)F)c2)CCNCC1. The van der Waals surface area contributed by atoms with Crippen LogP contribution in [-0.2, 0) is 0 Å². The summed E-state index contributed by atoms with van der Waals surface area (Å²) in [5.74, 6) is -0.451. The number of piperidine rings is 1. The van der Waals surface area contributed by atoms with E-state index in [0.717, 1.165) is 13.1 Å². The molecule has 2 rings (SSSR count). The number of carbonyl (C=O) groups is 1. The Bertz CT molecular complexity index is 508. The zero-order valence-corrected chi connectivity index (χ0v) is 11.8. The Hall–Kier alpha value is -1.56. The van der Waals surface area contributed by atoms with Gasteiger partial charge in [0, 0.05) is 11.0 Å². The molecule has 6 heteroatoms. The summed E-state index contributed by atoms with van der Waals surface area (Å²) < 4.78 is 40.6. The number of hydrogen-bond donors (Lipinski definition) is 1. The Morgan fingerprint density at radius 1 is 1.33 bits per heavy atom. The molecular formula is C15H18F3NO2. The first kappa shape index (κ1) is 15.8. The molecule has 0 saturated carbocycles. The third kappa shape index (κ3) is 3.75. The number of hydrogen-bond acceptors (Lipinski definition) is 3. The number of carbonyl (C=O) groups excluding carboxylic acids is 1. The molecule has 1 fully saturated rings. The molecule has 0 bridgehead atoms. The van der Waals surface area contributed by atoms with Gasteiger partial charge in [-0.05, 0) is 44.5 Å². The molecule has 1 N–H and O–H groups in total. The van der Waals surface area contributed by atoms with Crippen molar-refractivity contribution in [1.82, 2.24) is 5.32 Å². The second-order valence-corrected chi connectivity index (χ2v) is 5.29. The lowest BCUT2D eigenvalue weighted by Crippen LogP contribution is -2.41. The van der Waals surface area contributed by atoms with E-state index >= 15 is 0 Å². The highest BCUT2D eigenvalue weighted by Gasteiger charge is 2.38. The van der Waals surface area contributed by atoms with Gasteiger partial charge in [-0.3, -0.25) is 4.79 Å². The normalized spacial score (nSPS) is 18.3. The van der Waals surface area contributed by atoms with Gasteiger partial charge < -0.3 is 10.1 Å². The summed E-state index contributed by atoms with van der Waals surface area (Å²) in [6, 6.07) is 5.34. The van der Waals surface area contributed by atoms with Crippen LogP contribution >= 0.6 is 0 Å². The molecule has 0 radical (unpaired) electrons. The Labute approximate surface area is 121 Å². The highest BCUT2D eigenvalue weighted by atomic mass is 19.4. The fourth-order valence-electron chi connectivity index (χ4n) is 2.79. The van der Waals surface area contributed by atoms with E-state index < -0.39 is 11.8 Å². The van der Waals surface area contributed by atoms with Crippen molar-refractivity contribution in [3.8, 4) is 5.75 Å². The maximum Gasteiger partial charge on any atom is 0.573 e. The molecule has 116 valence electrons. The first-order chi connectivity index (χ1) is 9.86. The number of nitrogens with one attached hydrogen (secondary N) is 1. The number of alkyl halides is 3. The van der Waals surface area contributed by atoms with E-state index in [1.165, 1.54) is 18.2 Å². The van der Waals surface area contributed by atoms with E-state index in [0.29, 0.717) is 19.3 Å². The fraction of sp³-hybridized carbons (Fsp3) is 0.533. The van der Waals surface area contributed by atoms with Gasteiger partial charge in [0.05, 0.1) is 0 Å². The highest BCUT2D eigenvalue weighted by molar-refractivity contribution is 6.00. The standard InChI is InChI=1S/C15H18F3NO2/c1-2-14(6-8-19-9-7-14)13(20)11-4-3-5-12(10-11)21-15(16,17)18/h3-5,10,19H,2,6-9H2,1H3. The molecular weight excluding hydrogens is 283 g/mol. The lowest BCUT2D eigenvalue weighted by molar-refractivity contribution is -0.274. The van der Waals surface area contributed by atoms with E-state index in [9.17, 15) is 18.0 Å². The van der Waals surface area contributed by atoms with Gasteiger partial charge in [-0.15, -0.1) is 13.2 Å². The highest BCUT2D eigenvalue weighted by Crippen LogP contribution is 2.37. The number of rotatable bonds is 4. The Morgan fingerprint density at radius 2 is 2.00 bits per heavy atom. The van der Waals surface area contributed by atoms with Gasteiger partial charge >= 0.3 is 6.36 Å². The van der Waals surface area contributed by atoms with Gasteiger partial charge in [-0.2, -0.15) is 0 Å². The van der Waals surface area contributed by atoms with Crippen LogP contribution in [0.2, 0.25) is 0 Å². The van der Waals surface area contributed by atoms with Crippen LogP contribution in [0.5, 0.6) is 5.75 Å². The van der Waals surface area contributed by atoms with Gasteiger partial charge in [0.1, 0.15) is 5.75 Å². The van der Waals surface area contributed by atoms with Crippen molar-refractivity contribution in [2.75, 3.05) is 13.1 Å². The molecule has 1 saturated heterocycles. The molecule has 3 nitrogen and oxygen atoms in total. The van der Waals surface area contributed by atoms with Crippen molar-refractivity contribution in [3.05, 3.63) is 29.8 Å². The zero-order chi connectivity index (χ0) is 15.5. The van der Waals surface area contributed by atoms with E-state index in [4.69, 9.17) is 0 Å². The molecule has 0 unspecified atom stereocenters. The summed E-state index contributed by atoms with van der Waals surface area (Å²) in [5, 5.41) is 3.20. The summed E-state index contributed by atoms with van der Waals surface area (Å²) in [7, 11) is 0. The maximum absolute atomic E-state index is 12.7. The molecule has 0 aromatic heterocycles. The van der Waals surface area contributed by atoms with Gasteiger partial charge in [0.25, 0.3) is 0 Å². The van der Waals surface area contributed by atoms with Crippen LogP contribution in [0.3, 0.4) is 0 Å². The van der Waals surface area contributed by atoms with Gasteiger partial charge in [0.15, 0.2) is 5.78 Å². The summed E-state index contributed by atoms with van der Waals surface area (Å²) >= 11 is 0. The van der Waals surface area contributed by atoms with E-state index in [1.54, 1.807) is 6.07 Å². The van der Waals surface area contributed by atoms with Crippen LogP contribution in [0.4, 0.5) is 13.2 Å². The second-order valence-electron chi connectivity index (χ2n) is 5.29. The molecule has 1 aromatic rings. The number of halogens is 3. The Balaban J connectivity index is 2.24. The second kappa shape index (κ2) is 6.05. The van der Waals surface area contributed by atoms with Gasteiger partial charge in [-0.1, -0.05) is 19.1 Å². The van der Waals surface area contributed by atoms with Crippen LogP contribution in [0.15, 0.2) is 24.3 Å². The van der Waals surface area contributed by atoms with Gasteiger partial charge in [-0.25, -0.2) is 0 Å². The maximum atomic E-state index is 12.7. The lowest BCUT2D eigenvalue weighted by atomic mass is 9.71. The molecule has 1 heterocycles. The minimum absolute atomic E-state index is 0.0980. The van der Waals surface area contributed by atoms with Crippen molar-refractivity contribution >= 4 is 5.78 Å². The smallest absolute Gasteiger partial charge is 0.406 e. The van der Waals surface area contributed by atoms with E-state index in [2.05, 4.69) is 10.1 Å². The predicted octanol–water partition coefficient (Wildman–Crippen LogP) is 3.55. The zero-order valence-electron chi connectivity index (χ0n) is 11.8. The molecule has 0 aliphatic carbocycles. The van der Waals surface area contributed by atoms with Crippen molar-refractivity contribution in [3.63, 3.8) is 0 Å². The average Bonchev–Trinajstić information content (AvgIpc) is 2.45. The lowest BCUT2D eigenvalue weighted by Gasteiger charge is -2.35. The monoisotopic (exact) mass is 301 g/mol. The number of benzene rings is 1. The molecule has 0 atom stereocenters. The number of ether oxygens (including phenoxy) is 1. The summed E-state index contributed by atoms with van der Waals surface area (Å²) in [5.41, 5.74) is -0.206. The van der Waals surface area contributed by atoms with Crippen molar-refractivity contribution < 1.29 is 22.7 Å². The van der Waals surface area contributed by atoms with Crippen molar-refractivity contribution in [1.29, 1.82) is 0 Å². The van der Waals surface area contributed by atoms with E-state index in [1.807, 2.05) is 6.92 Å². The van der Waals surface area contributed by atoms with Crippen molar-refractivity contribution in [2.45, 2.75) is 32.5 Å². The third-order valence-corrected chi connectivity index (χ3v) is 4.05. The molecule has 0 spiro atoms. The molecule has 21 heavy (non-hydrogen) atoms. The summed E-state index contributed by atoms with van der Waals surface area (Å²) in [6.45, 7) is 3.44. The topological polar surface area (TPSA) is 38.3 Å². The third-order valence-electron chi connectivity index (χ3n) is 4.05. The summed E-state index contributed by atoms with van der Waals surface area (Å²) in [6.07, 6.45) is -2.67. The molecule has 1 aliphatic rings. The average molecular weight is 301 g/mol. The fourth-order valence-corrected chi connectivity index (χ4v) is 2.79. The minimum Gasteiger partial charge on any atom is -0.406 e. The Kier molecular flexibility index (Phi) is 4.56. The largest absolute Gasteiger partial charge is 0.573 e. The van der Waals surface area contributed by atoms with Crippen LogP contribution < -0.4 is 10.1 Å². The van der Waals surface area contributed by atoms with Crippen LogP contribution in [-0.4, -0.2) is 25.2 Å². The number of ketones is 1.